The van der Waals surface area contributed by atoms with Gasteiger partial charge in [-0.15, -0.1) is 11.3 Å². The molecule has 3 aromatic rings. The quantitative estimate of drug-likeness (QED) is 0.505. The summed E-state index contributed by atoms with van der Waals surface area (Å²) in [6, 6.07) is 14.8. The first-order valence-corrected chi connectivity index (χ1v) is 11.3. The molecule has 7 nitrogen and oxygen atoms in total. The maximum atomic E-state index is 12.8. The minimum Gasteiger partial charge on any atom is -0.326 e. The van der Waals surface area contributed by atoms with Gasteiger partial charge in [0.25, 0.3) is 0 Å². The van der Waals surface area contributed by atoms with Crippen LogP contribution in [0.25, 0.3) is 11.3 Å². The van der Waals surface area contributed by atoms with Gasteiger partial charge in [0.15, 0.2) is 5.13 Å². The molecule has 3 amide bonds. The van der Waals surface area contributed by atoms with Crippen LogP contribution in [0.5, 0.6) is 0 Å². The Balaban J connectivity index is 1.41. The Morgan fingerprint density at radius 1 is 1.16 bits per heavy atom. The van der Waals surface area contributed by atoms with E-state index in [1.54, 1.807) is 17.0 Å². The van der Waals surface area contributed by atoms with Crippen molar-refractivity contribution in [3.05, 3.63) is 58.4 Å². The fourth-order valence-electron chi connectivity index (χ4n) is 3.41. The first kappa shape index (κ1) is 21.2. The van der Waals surface area contributed by atoms with E-state index in [4.69, 9.17) is 0 Å². The number of thiazole rings is 1. The number of aromatic nitrogens is 1. The molecule has 2 heterocycles. The smallest absolute Gasteiger partial charge is 0.239 e. The number of hydrogen-bond acceptors (Lipinski definition) is 5. The number of carbonyl (C=O) groups is 3. The van der Waals surface area contributed by atoms with Gasteiger partial charge in [-0.1, -0.05) is 34.1 Å². The number of anilines is 3. The SMILES string of the molecule is CC(=O)Nc1ccc(-c2csc(NC(=O)C3CCN(c4cccc(Br)c4)C3=O)n2)cc1. The summed E-state index contributed by atoms with van der Waals surface area (Å²) in [6.07, 6.45) is 0.458. The largest absolute Gasteiger partial charge is 0.326 e. The zero-order valence-corrected chi connectivity index (χ0v) is 19.0. The average molecular weight is 499 g/mol. The van der Waals surface area contributed by atoms with Crippen LogP contribution < -0.4 is 15.5 Å². The van der Waals surface area contributed by atoms with Crippen molar-refractivity contribution in [2.24, 2.45) is 5.92 Å². The molecule has 158 valence electrons. The fraction of sp³-hybridized carbons (Fsp3) is 0.182. The molecule has 9 heteroatoms. The monoisotopic (exact) mass is 498 g/mol. The van der Waals surface area contributed by atoms with E-state index in [9.17, 15) is 14.4 Å². The Morgan fingerprint density at radius 3 is 2.65 bits per heavy atom. The molecule has 0 aliphatic carbocycles. The molecule has 1 fully saturated rings. The molecule has 1 aliphatic rings. The van der Waals surface area contributed by atoms with E-state index >= 15 is 0 Å². The second-order valence-corrected chi connectivity index (χ2v) is 8.87. The lowest BCUT2D eigenvalue weighted by atomic mass is 10.1. The number of amides is 3. The van der Waals surface area contributed by atoms with E-state index in [1.807, 2.05) is 41.8 Å². The van der Waals surface area contributed by atoms with Gasteiger partial charge in [-0.05, 0) is 36.8 Å². The molecule has 2 aromatic carbocycles. The number of rotatable bonds is 5. The van der Waals surface area contributed by atoms with E-state index in [2.05, 4.69) is 31.5 Å². The third-order valence-corrected chi connectivity index (χ3v) is 6.13. The second kappa shape index (κ2) is 8.99. The van der Waals surface area contributed by atoms with Gasteiger partial charge in [-0.3, -0.25) is 14.4 Å². The van der Waals surface area contributed by atoms with Gasteiger partial charge in [-0.2, -0.15) is 0 Å². The summed E-state index contributed by atoms with van der Waals surface area (Å²) in [4.78, 5) is 42.7. The lowest BCUT2D eigenvalue weighted by Gasteiger charge is -2.16. The van der Waals surface area contributed by atoms with E-state index in [0.717, 1.165) is 15.7 Å². The first-order chi connectivity index (χ1) is 14.9. The van der Waals surface area contributed by atoms with Crippen molar-refractivity contribution < 1.29 is 14.4 Å². The molecule has 31 heavy (non-hydrogen) atoms. The van der Waals surface area contributed by atoms with Crippen LogP contribution in [0.15, 0.2) is 58.4 Å². The Bertz CT molecular complexity index is 1150. The van der Waals surface area contributed by atoms with Gasteiger partial charge in [0, 0.05) is 40.3 Å². The molecule has 1 saturated heterocycles. The van der Waals surface area contributed by atoms with E-state index in [1.165, 1.54) is 18.3 Å². The van der Waals surface area contributed by atoms with Crippen molar-refractivity contribution in [2.75, 3.05) is 22.1 Å². The third-order valence-electron chi connectivity index (χ3n) is 4.88. The molecule has 2 N–H and O–H groups in total. The number of nitrogens with one attached hydrogen (secondary N) is 2. The van der Waals surface area contributed by atoms with E-state index in [0.29, 0.717) is 29.5 Å². The van der Waals surface area contributed by atoms with Crippen molar-refractivity contribution in [3.8, 4) is 11.3 Å². The molecular formula is C22H19BrN4O3S. The molecule has 1 aromatic heterocycles. The van der Waals surface area contributed by atoms with Crippen molar-refractivity contribution in [1.82, 2.24) is 4.98 Å². The summed E-state index contributed by atoms with van der Waals surface area (Å²) in [5.41, 5.74) is 3.05. The minimum absolute atomic E-state index is 0.133. The second-order valence-electron chi connectivity index (χ2n) is 7.10. The minimum atomic E-state index is -0.733. The summed E-state index contributed by atoms with van der Waals surface area (Å²) in [5.74, 6) is -1.42. The Kier molecular flexibility index (Phi) is 6.15. The summed E-state index contributed by atoms with van der Waals surface area (Å²) < 4.78 is 0.881. The Morgan fingerprint density at radius 2 is 1.94 bits per heavy atom. The molecule has 1 unspecified atom stereocenters. The molecule has 4 rings (SSSR count). The van der Waals surface area contributed by atoms with Gasteiger partial charge >= 0.3 is 0 Å². The van der Waals surface area contributed by atoms with Crippen LogP contribution in [0.3, 0.4) is 0 Å². The predicted octanol–water partition coefficient (Wildman–Crippen LogP) is 4.52. The number of nitrogens with zero attached hydrogens (tertiary/aromatic N) is 2. The number of benzene rings is 2. The van der Waals surface area contributed by atoms with Crippen molar-refractivity contribution in [1.29, 1.82) is 0 Å². The van der Waals surface area contributed by atoms with Crippen molar-refractivity contribution in [3.63, 3.8) is 0 Å². The standard InChI is InChI=1S/C22H19BrN4O3S/c1-13(28)24-16-7-5-14(6-8-16)19-12-31-22(25-19)26-20(29)18-9-10-27(21(18)30)17-4-2-3-15(23)11-17/h2-8,11-12,18H,9-10H2,1H3,(H,24,28)(H,25,26,29). The van der Waals surface area contributed by atoms with Gasteiger partial charge in [0.2, 0.25) is 17.7 Å². The fourth-order valence-corrected chi connectivity index (χ4v) is 4.52. The lowest BCUT2D eigenvalue weighted by molar-refractivity contribution is -0.129. The molecule has 0 bridgehead atoms. The van der Waals surface area contributed by atoms with Gasteiger partial charge in [-0.25, -0.2) is 4.98 Å². The molecule has 1 atom stereocenters. The molecule has 0 spiro atoms. The number of halogens is 1. The van der Waals surface area contributed by atoms with Crippen LogP contribution in [0.4, 0.5) is 16.5 Å². The first-order valence-electron chi connectivity index (χ1n) is 9.62. The summed E-state index contributed by atoms with van der Waals surface area (Å²) >= 11 is 4.71. The lowest BCUT2D eigenvalue weighted by Crippen LogP contribution is -2.33. The highest BCUT2D eigenvalue weighted by Crippen LogP contribution is 2.30. The van der Waals surface area contributed by atoms with E-state index < -0.39 is 5.92 Å². The molecule has 1 aliphatic heterocycles. The summed E-state index contributed by atoms with van der Waals surface area (Å²) in [6.45, 7) is 1.95. The average Bonchev–Trinajstić information content (AvgIpc) is 3.35. The Hall–Kier alpha value is -3.04. The van der Waals surface area contributed by atoms with Crippen molar-refractivity contribution in [2.45, 2.75) is 13.3 Å². The zero-order valence-electron chi connectivity index (χ0n) is 16.6. The predicted molar refractivity (Wildman–Crippen MR) is 125 cm³/mol. The normalized spacial score (nSPS) is 15.7. The maximum Gasteiger partial charge on any atom is 0.239 e. The van der Waals surface area contributed by atoms with Crippen LogP contribution in [0.2, 0.25) is 0 Å². The number of carbonyl (C=O) groups excluding carboxylic acids is 3. The van der Waals surface area contributed by atoms with E-state index in [-0.39, 0.29) is 17.7 Å². The summed E-state index contributed by atoms with van der Waals surface area (Å²) in [5, 5.41) is 7.78. The highest BCUT2D eigenvalue weighted by molar-refractivity contribution is 9.10. The Labute approximate surface area is 191 Å². The summed E-state index contributed by atoms with van der Waals surface area (Å²) in [7, 11) is 0. The van der Waals surface area contributed by atoms with Crippen molar-refractivity contribution >= 4 is 61.5 Å². The van der Waals surface area contributed by atoms with Crippen LogP contribution in [-0.4, -0.2) is 29.3 Å². The molecular weight excluding hydrogens is 480 g/mol. The maximum absolute atomic E-state index is 12.8. The third kappa shape index (κ3) is 4.83. The van der Waals surface area contributed by atoms with Crippen LogP contribution in [0.1, 0.15) is 13.3 Å². The van der Waals surface area contributed by atoms with Gasteiger partial charge < -0.3 is 15.5 Å². The molecule has 0 radical (unpaired) electrons. The van der Waals surface area contributed by atoms with Crippen LogP contribution >= 0.6 is 27.3 Å². The van der Waals surface area contributed by atoms with Crippen LogP contribution in [-0.2, 0) is 14.4 Å². The van der Waals surface area contributed by atoms with Gasteiger partial charge in [0.1, 0.15) is 5.92 Å². The van der Waals surface area contributed by atoms with Gasteiger partial charge in [0.05, 0.1) is 5.69 Å². The van der Waals surface area contributed by atoms with Crippen LogP contribution in [0, 0.1) is 5.92 Å². The zero-order chi connectivity index (χ0) is 22.0. The molecule has 0 saturated carbocycles. The number of hydrogen-bond donors (Lipinski definition) is 2. The highest BCUT2D eigenvalue weighted by atomic mass is 79.9. The highest BCUT2D eigenvalue weighted by Gasteiger charge is 2.38. The topological polar surface area (TPSA) is 91.4 Å².